The number of benzene rings is 1. The van der Waals surface area contributed by atoms with E-state index in [1.165, 1.54) is 6.07 Å². The number of aliphatic hydroxyl groups excluding tert-OH is 1. The number of nitrogens with zero attached hydrogens (tertiary/aromatic N) is 1. The molecule has 0 radical (unpaired) electrons. The second kappa shape index (κ2) is 6.70. The molecule has 9 heteroatoms. The Hall–Kier alpha value is -1.87. The van der Waals surface area contributed by atoms with Gasteiger partial charge in [-0.1, -0.05) is 12.1 Å². The number of aromatic nitrogens is 1. The van der Waals surface area contributed by atoms with Crippen molar-refractivity contribution in [1.82, 2.24) is 10.3 Å². The van der Waals surface area contributed by atoms with E-state index in [1.54, 1.807) is 20.8 Å². The van der Waals surface area contributed by atoms with Gasteiger partial charge in [-0.25, -0.2) is 4.98 Å². The molecule has 0 aliphatic heterocycles. The highest BCUT2D eigenvalue weighted by atomic mass is 19.4. The molecular formula is C17H18F6N2O. The summed E-state index contributed by atoms with van der Waals surface area (Å²) in [7, 11) is 0. The van der Waals surface area contributed by atoms with Gasteiger partial charge in [0.1, 0.15) is 5.69 Å². The fourth-order valence-electron chi connectivity index (χ4n) is 2.44. The van der Waals surface area contributed by atoms with E-state index >= 15 is 0 Å². The van der Waals surface area contributed by atoms with Gasteiger partial charge in [0.2, 0.25) is 0 Å². The second-order valence-electron chi connectivity index (χ2n) is 6.94. The molecule has 0 saturated heterocycles. The standard InChI is InChI=1S/C17H18F6N2O/c1-15(2,3)24-8-12(26)10-7-13(17(21,22)23)25-14-9(10)5-4-6-11(14)16(18,19)20/h4-7,12,24,26H,8H2,1-3H3/t12-/m1/s1. The van der Waals surface area contributed by atoms with E-state index in [2.05, 4.69) is 10.3 Å². The third-order valence-corrected chi connectivity index (χ3v) is 3.65. The lowest BCUT2D eigenvalue weighted by atomic mass is 9.98. The largest absolute Gasteiger partial charge is 0.433 e. The molecule has 26 heavy (non-hydrogen) atoms. The Kier molecular flexibility index (Phi) is 5.26. The summed E-state index contributed by atoms with van der Waals surface area (Å²) in [5.41, 5.74) is -4.29. The van der Waals surface area contributed by atoms with E-state index in [0.29, 0.717) is 12.1 Å². The molecule has 0 bridgehead atoms. The Morgan fingerprint density at radius 3 is 2.15 bits per heavy atom. The molecule has 1 aromatic carbocycles. The van der Waals surface area contributed by atoms with Crippen molar-refractivity contribution in [2.24, 2.45) is 0 Å². The Bertz CT molecular complexity index is 793. The molecule has 0 spiro atoms. The first-order valence-corrected chi connectivity index (χ1v) is 7.71. The molecule has 3 nitrogen and oxygen atoms in total. The van der Waals surface area contributed by atoms with E-state index in [-0.39, 0.29) is 17.5 Å². The number of fused-ring (bicyclic) bond motifs is 1. The lowest BCUT2D eigenvalue weighted by molar-refractivity contribution is -0.142. The number of para-hydroxylation sites is 1. The maximum Gasteiger partial charge on any atom is 0.433 e. The second-order valence-corrected chi connectivity index (χ2v) is 6.94. The first-order valence-electron chi connectivity index (χ1n) is 7.71. The SMILES string of the molecule is CC(C)(C)NC[C@@H](O)c1cc(C(F)(F)F)nc2c(C(F)(F)F)cccc12. The monoisotopic (exact) mass is 380 g/mol. The molecule has 0 fully saturated rings. The molecule has 0 saturated carbocycles. The topological polar surface area (TPSA) is 45.1 Å². The first kappa shape index (κ1) is 20.4. The molecule has 1 atom stereocenters. The van der Waals surface area contributed by atoms with E-state index in [1.807, 2.05) is 0 Å². The van der Waals surface area contributed by atoms with E-state index in [9.17, 15) is 31.4 Å². The summed E-state index contributed by atoms with van der Waals surface area (Å²) in [6, 6.07) is 3.55. The first-order chi connectivity index (χ1) is 11.7. The summed E-state index contributed by atoms with van der Waals surface area (Å²) in [5, 5.41) is 13.1. The van der Waals surface area contributed by atoms with Gasteiger partial charge in [0, 0.05) is 17.5 Å². The van der Waals surface area contributed by atoms with Gasteiger partial charge in [0.05, 0.1) is 17.2 Å². The maximum atomic E-state index is 13.2. The summed E-state index contributed by atoms with van der Waals surface area (Å²) >= 11 is 0. The lowest BCUT2D eigenvalue weighted by Crippen LogP contribution is -2.38. The zero-order valence-electron chi connectivity index (χ0n) is 14.3. The Morgan fingerprint density at radius 1 is 1.04 bits per heavy atom. The van der Waals surface area contributed by atoms with Gasteiger partial charge in [0.15, 0.2) is 0 Å². The number of aliphatic hydroxyl groups is 1. The Morgan fingerprint density at radius 2 is 1.65 bits per heavy atom. The van der Waals surface area contributed by atoms with E-state index in [4.69, 9.17) is 0 Å². The van der Waals surface area contributed by atoms with Gasteiger partial charge < -0.3 is 10.4 Å². The van der Waals surface area contributed by atoms with Crippen LogP contribution in [0.1, 0.15) is 43.7 Å². The van der Waals surface area contributed by atoms with Crippen LogP contribution in [0.15, 0.2) is 24.3 Å². The molecular weight excluding hydrogens is 362 g/mol. The van der Waals surface area contributed by atoms with Crippen LogP contribution in [-0.4, -0.2) is 22.2 Å². The normalized spacial score (nSPS) is 14.7. The molecule has 2 rings (SSSR count). The molecule has 2 aromatic rings. The Balaban J connectivity index is 2.68. The maximum absolute atomic E-state index is 13.2. The highest BCUT2D eigenvalue weighted by Gasteiger charge is 2.38. The molecule has 0 aliphatic rings. The quantitative estimate of drug-likeness (QED) is 0.759. The van der Waals surface area contributed by atoms with Crippen molar-refractivity contribution in [3.8, 4) is 0 Å². The third-order valence-electron chi connectivity index (χ3n) is 3.65. The fraction of sp³-hybridized carbons (Fsp3) is 0.471. The number of nitrogens with one attached hydrogen (secondary N) is 1. The predicted octanol–water partition coefficient (Wildman–Crippen LogP) is 4.69. The summed E-state index contributed by atoms with van der Waals surface area (Å²) in [5.74, 6) is 0. The van der Waals surface area contributed by atoms with Gasteiger partial charge in [-0.3, -0.25) is 0 Å². The number of halogens is 6. The molecule has 0 aliphatic carbocycles. The van der Waals surface area contributed by atoms with Crippen LogP contribution < -0.4 is 5.32 Å². The summed E-state index contributed by atoms with van der Waals surface area (Å²) in [6.07, 6.45) is -11.3. The minimum atomic E-state index is -4.95. The lowest BCUT2D eigenvalue weighted by Gasteiger charge is -2.24. The van der Waals surface area contributed by atoms with Gasteiger partial charge in [-0.05, 0) is 38.5 Å². The van der Waals surface area contributed by atoms with Crippen LogP contribution in [0.2, 0.25) is 0 Å². The number of rotatable bonds is 3. The van der Waals surface area contributed by atoms with Crippen molar-refractivity contribution < 1.29 is 31.4 Å². The predicted molar refractivity (Wildman–Crippen MR) is 84.5 cm³/mol. The fourth-order valence-corrected chi connectivity index (χ4v) is 2.44. The zero-order chi connectivity index (χ0) is 19.9. The number of hydrogen-bond donors (Lipinski definition) is 2. The van der Waals surface area contributed by atoms with E-state index < -0.39 is 40.8 Å². The van der Waals surface area contributed by atoms with Crippen molar-refractivity contribution in [1.29, 1.82) is 0 Å². The summed E-state index contributed by atoms with van der Waals surface area (Å²) < 4.78 is 78.9. The van der Waals surface area contributed by atoms with Crippen LogP contribution in [-0.2, 0) is 12.4 Å². The van der Waals surface area contributed by atoms with Crippen LogP contribution in [0.5, 0.6) is 0 Å². The van der Waals surface area contributed by atoms with Crippen molar-refractivity contribution in [2.75, 3.05) is 6.54 Å². The average molecular weight is 380 g/mol. The van der Waals surface area contributed by atoms with Gasteiger partial charge in [-0.2, -0.15) is 26.3 Å². The number of pyridine rings is 1. The van der Waals surface area contributed by atoms with Crippen molar-refractivity contribution in [3.63, 3.8) is 0 Å². The number of alkyl halides is 6. The van der Waals surface area contributed by atoms with Gasteiger partial charge >= 0.3 is 12.4 Å². The van der Waals surface area contributed by atoms with E-state index in [0.717, 1.165) is 6.07 Å². The summed E-state index contributed by atoms with van der Waals surface area (Å²) in [4.78, 5) is 3.19. The zero-order valence-corrected chi connectivity index (χ0v) is 14.3. The average Bonchev–Trinajstić information content (AvgIpc) is 2.48. The molecule has 1 aromatic heterocycles. The molecule has 0 unspecified atom stereocenters. The Labute approximate surface area is 146 Å². The minimum absolute atomic E-state index is 0.129. The molecule has 1 heterocycles. The molecule has 0 amide bonds. The van der Waals surface area contributed by atoms with Crippen molar-refractivity contribution in [2.45, 2.75) is 44.8 Å². The van der Waals surface area contributed by atoms with Crippen LogP contribution in [0.25, 0.3) is 10.9 Å². The van der Waals surface area contributed by atoms with Gasteiger partial charge in [0.25, 0.3) is 0 Å². The van der Waals surface area contributed by atoms with Crippen molar-refractivity contribution >= 4 is 10.9 Å². The summed E-state index contributed by atoms with van der Waals surface area (Å²) in [6.45, 7) is 5.23. The van der Waals surface area contributed by atoms with Crippen LogP contribution in [0.3, 0.4) is 0 Å². The minimum Gasteiger partial charge on any atom is -0.387 e. The van der Waals surface area contributed by atoms with Crippen LogP contribution >= 0.6 is 0 Å². The van der Waals surface area contributed by atoms with Crippen LogP contribution in [0, 0.1) is 0 Å². The third kappa shape index (κ3) is 4.64. The number of β-amino-alcohol motifs (C(OH)–C–C–N with tert-alkyl or cyclic N) is 1. The van der Waals surface area contributed by atoms with Gasteiger partial charge in [-0.15, -0.1) is 0 Å². The highest BCUT2D eigenvalue weighted by Crippen LogP contribution is 2.38. The van der Waals surface area contributed by atoms with Crippen LogP contribution in [0.4, 0.5) is 26.3 Å². The molecule has 2 N–H and O–H groups in total. The highest BCUT2D eigenvalue weighted by molar-refractivity contribution is 5.86. The number of hydrogen-bond acceptors (Lipinski definition) is 3. The van der Waals surface area contributed by atoms with Crippen molar-refractivity contribution in [3.05, 3.63) is 41.1 Å². The smallest absolute Gasteiger partial charge is 0.387 e. The molecule has 144 valence electrons.